The van der Waals surface area contributed by atoms with E-state index in [9.17, 15) is 0 Å². The van der Waals surface area contributed by atoms with Crippen molar-refractivity contribution in [2.24, 2.45) is 0 Å². The van der Waals surface area contributed by atoms with E-state index in [4.69, 9.17) is 4.74 Å². The van der Waals surface area contributed by atoms with E-state index in [1.807, 2.05) is 13.0 Å². The maximum Gasteiger partial charge on any atom is 0.0703 e. The molecule has 1 saturated heterocycles. The first-order chi connectivity index (χ1) is 10.8. The van der Waals surface area contributed by atoms with Crippen molar-refractivity contribution in [1.82, 2.24) is 9.88 Å². The van der Waals surface area contributed by atoms with Crippen LogP contribution >= 0.6 is 0 Å². The van der Waals surface area contributed by atoms with Gasteiger partial charge < -0.3 is 4.74 Å². The van der Waals surface area contributed by atoms with Gasteiger partial charge in [-0.2, -0.15) is 0 Å². The van der Waals surface area contributed by atoms with Crippen molar-refractivity contribution >= 4 is 0 Å². The Bertz CT molecular complexity index is 579. The zero-order chi connectivity index (χ0) is 15.2. The van der Waals surface area contributed by atoms with E-state index in [2.05, 4.69) is 52.3 Å². The molecule has 1 aliphatic heterocycles. The summed E-state index contributed by atoms with van der Waals surface area (Å²) in [6, 6.07) is 16.9. The van der Waals surface area contributed by atoms with E-state index in [1.165, 1.54) is 18.4 Å². The van der Waals surface area contributed by atoms with E-state index in [1.54, 1.807) is 0 Å². The van der Waals surface area contributed by atoms with Gasteiger partial charge in [0.1, 0.15) is 0 Å². The van der Waals surface area contributed by atoms with Gasteiger partial charge in [-0.3, -0.25) is 9.88 Å². The topological polar surface area (TPSA) is 25.4 Å². The molecule has 0 bridgehead atoms. The number of hydrogen-bond donors (Lipinski definition) is 0. The third kappa shape index (κ3) is 4.39. The number of pyridine rings is 1. The Balaban J connectivity index is 1.70. The van der Waals surface area contributed by atoms with Gasteiger partial charge in [0.25, 0.3) is 0 Å². The summed E-state index contributed by atoms with van der Waals surface area (Å²) in [5, 5.41) is 0. The summed E-state index contributed by atoms with van der Waals surface area (Å²) >= 11 is 0. The Labute approximate surface area is 132 Å². The lowest BCUT2D eigenvalue weighted by Crippen LogP contribution is -2.31. The summed E-state index contributed by atoms with van der Waals surface area (Å²) in [4.78, 5) is 7.10. The second-order valence-corrected chi connectivity index (χ2v) is 6.06. The Kier molecular flexibility index (Phi) is 5.20. The first kappa shape index (κ1) is 15.2. The highest BCUT2D eigenvalue weighted by molar-refractivity contribution is 5.15. The molecule has 1 atom stereocenters. The van der Waals surface area contributed by atoms with Gasteiger partial charge in [0.2, 0.25) is 0 Å². The predicted octanol–water partition coefficient (Wildman–Crippen LogP) is 3.57. The van der Waals surface area contributed by atoms with Gasteiger partial charge in [-0.25, -0.2) is 0 Å². The Morgan fingerprint density at radius 3 is 2.68 bits per heavy atom. The van der Waals surface area contributed by atoms with E-state index < -0.39 is 0 Å². The third-order valence-electron chi connectivity index (χ3n) is 4.07. The number of aryl methyl sites for hydroxylation is 1. The van der Waals surface area contributed by atoms with E-state index >= 15 is 0 Å². The van der Waals surface area contributed by atoms with Crippen molar-refractivity contribution in [3.8, 4) is 0 Å². The van der Waals surface area contributed by atoms with Crippen molar-refractivity contribution in [1.29, 1.82) is 0 Å². The summed E-state index contributed by atoms with van der Waals surface area (Å²) in [6.07, 6.45) is 2.73. The highest BCUT2D eigenvalue weighted by Gasteiger charge is 2.19. The summed E-state index contributed by atoms with van der Waals surface area (Å²) in [6.45, 7) is 5.74. The van der Waals surface area contributed by atoms with Crippen molar-refractivity contribution in [2.45, 2.75) is 39.0 Å². The Morgan fingerprint density at radius 1 is 1.09 bits per heavy atom. The van der Waals surface area contributed by atoms with Crippen molar-refractivity contribution < 1.29 is 4.74 Å². The minimum absolute atomic E-state index is 0.369. The molecular weight excluding hydrogens is 272 g/mol. The maximum absolute atomic E-state index is 5.82. The number of rotatable bonds is 6. The molecule has 1 aromatic carbocycles. The summed E-state index contributed by atoms with van der Waals surface area (Å²) in [5.41, 5.74) is 3.55. The molecule has 0 saturated carbocycles. The highest BCUT2D eigenvalue weighted by atomic mass is 16.5. The second-order valence-electron chi connectivity index (χ2n) is 6.06. The number of nitrogens with zero attached hydrogens (tertiary/aromatic N) is 2. The predicted molar refractivity (Wildman–Crippen MR) is 88.5 cm³/mol. The molecular formula is C19H24N2O. The molecule has 0 spiro atoms. The van der Waals surface area contributed by atoms with Gasteiger partial charge in [0.15, 0.2) is 0 Å². The molecule has 0 N–H and O–H groups in total. The van der Waals surface area contributed by atoms with Gasteiger partial charge in [-0.15, -0.1) is 0 Å². The molecule has 116 valence electrons. The van der Waals surface area contributed by atoms with Gasteiger partial charge in [0, 0.05) is 31.9 Å². The fourth-order valence-corrected chi connectivity index (χ4v) is 3.02. The molecule has 1 fully saturated rings. The molecule has 1 unspecified atom stereocenters. The zero-order valence-electron chi connectivity index (χ0n) is 13.2. The molecule has 3 rings (SSSR count). The normalized spacial score (nSPS) is 18.0. The van der Waals surface area contributed by atoms with Crippen LogP contribution in [0, 0.1) is 6.92 Å². The molecule has 22 heavy (non-hydrogen) atoms. The quantitative estimate of drug-likeness (QED) is 0.815. The number of aromatic nitrogens is 1. The molecule has 0 amide bonds. The molecule has 0 radical (unpaired) electrons. The largest absolute Gasteiger partial charge is 0.377 e. The van der Waals surface area contributed by atoms with Crippen LogP contribution in [0.2, 0.25) is 0 Å². The fourth-order valence-electron chi connectivity index (χ4n) is 3.02. The average molecular weight is 296 g/mol. The van der Waals surface area contributed by atoms with Crippen LogP contribution in [0.5, 0.6) is 0 Å². The molecule has 3 heteroatoms. The maximum atomic E-state index is 5.82. The Morgan fingerprint density at radius 2 is 1.95 bits per heavy atom. The van der Waals surface area contributed by atoms with Crippen LogP contribution < -0.4 is 0 Å². The number of hydrogen-bond acceptors (Lipinski definition) is 3. The SMILES string of the molecule is Cc1cccc(CN(Cc2ccccc2)CC2CCCO2)n1. The number of benzene rings is 1. The lowest BCUT2D eigenvalue weighted by atomic mass is 10.1. The fraction of sp³-hybridized carbons (Fsp3) is 0.421. The third-order valence-corrected chi connectivity index (χ3v) is 4.07. The van der Waals surface area contributed by atoms with Crippen molar-refractivity contribution in [3.05, 3.63) is 65.5 Å². The molecule has 2 aromatic rings. The minimum atomic E-state index is 0.369. The summed E-state index contributed by atoms with van der Waals surface area (Å²) < 4.78 is 5.82. The van der Waals surface area contributed by atoms with Gasteiger partial charge in [-0.05, 0) is 37.5 Å². The van der Waals surface area contributed by atoms with Crippen LogP contribution in [0.1, 0.15) is 29.8 Å². The standard InChI is InChI=1S/C19H24N2O/c1-16-7-5-10-18(20-16)14-21(15-19-11-6-12-22-19)13-17-8-3-2-4-9-17/h2-5,7-10,19H,6,11-15H2,1H3. The minimum Gasteiger partial charge on any atom is -0.377 e. The summed E-state index contributed by atoms with van der Waals surface area (Å²) in [5.74, 6) is 0. The lowest BCUT2D eigenvalue weighted by Gasteiger charge is -2.25. The smallest absolute Gasteiger partial charge is 0.0703 e. The zero-order valence-corrected chi connectivity index (χ0v) is 13.2. The van der Waals surface area contributed by atoms with E-state index in [0.717, 1.165) is 37.6 Å². The highest BCUT2D eigenvalue weighted by Crippen LogP contribution is 2.17. The number of ether oxygens (including phenoxy) is 1. The molecule has 3 nitrogen and oxygen atoms in total. The van der Waals surface area contributed by atoms with Crippen LogP contribution in [0.4, 0.5) is 0 Å². The second kappa shape index (κ2) is 7.52. The molecule has 1 aliphatic rings. The van der Waals surface area contributed by atoms with E-state index in [0.29, 0.717) is 6.10 Å². The average Bonchev–Trinajstić information content (AvgIpc) is 3.01. The van der Waals surface area contributed by atoms with Crippen molar-refractivity contribution in [3.63, 3.8) is 0 Å². The first-order valence-electron chi connectivity index (χ1n) is 8.10. The first-order valence-corrected chi connectivity index (χ1v) is 8.10. The van der Waals surface area contributed by atoms with Gasteiger partial charge in [0.05, 0.1) is 11.8 Å². The molecule has 1 aromatic heterocycles. The lowest BCUT2D eigenvalue weighted by molar-refractivity contribution is 0.0674. The van der Waals surface area contributed by atoms with Crippen LogP contribution in [-0.4, -0.2) is 29.1 Å². The van der Waals surface area contributed by atoms with Crippen LogP contribution in [0.25, 0.3) is 0 Å². The van der Waals surface area contributed by atoms with Gasteiger partial charge in [-0.1, -0.05) is 36.4 Å². The molecule has 0 aliphatic carbocycles. The monoisotopic (exact) mass is 296 g/mol. The Hall–Kier alpha value is -1.71. The molecule has 2 heterocycles. The van der Waals surface area contributed by atoms with Crippen LogP contribution in [-0.2, 0) is 17.8 Å². The van der Waals surface area contributed by atoms with Crippen molar-refractivity contribution in [2.75, 3.05) is 13.2 Å². The van der Waals surface area contributed by atoms with E-state index in [-0.39, 0.29) is 0 Å². The van der Waals surface area contributed by atoms with Crippen LogP contribution in [0.15, 0.2) is 48.5 Å². The van der Waals surface area contributed by atoms with Gasteiger partial charge >= 0.3 is 0 Å². The van der Waals surface area contributed by atoms with Crippen LogP contribution in [0.3, 0.4) is 0 Å². The summed E-state index contributed by atoms with van der Waals surface area (Å²) in [7, 11) is 0.